The van der Waals surface area contributed by atoms with Crippen LogP contribution in [0.1, 0.15) is 226 Å². The molecule has 0 aromatic carbocycles. The number of aliphatic hydroxyl groups excluding tert-OH is 3. The molecular weight excluding hydrogens is 655 g/mol. The van der Waals surface area contributed by atoms with E-state index >= 15 is 0 Å². The Labute approximate surface area is 329 Å². The van der Waals surface area contributed by atoms with Gasteiger partial charge in [-0.05, 0) is 83.5 Å². The molecule has 0 heterocycles. The van der Waals surface area contributed by atoms with Crippen LogP contribution in [0.15, 0.2) is 48.6 Å². The molecule has 0 spiro atoms. The molecule has 310 valence electrons. The zero-order valence-electron chi connectivity index (χ0n) is 35.1. The van der Waals surface area contributed by atoms with Crippen LogP contribution in [-0.2, 0) is 4.79 Å². The second-order valence-electron chi connectivity index (χ2n) is 15.6. The van der Waals surface area contributed by atoms with Gasteiger partial charge >= 0.3 is 0 Å². The highest BCUT2D eigenvalue weighted by atomic mass is 16.3. The van der Waals surface area contributed by atoms with Gasteiger partial charge in [0.25, 0.3) is 0 Å². The average molecular weight is 744 g/mol. The zero-order valence-corrected chi connectivity index (χ0v) is 35.1. The Morgan fingerprint density at radius 2 is 0.830 bits per heavy atom. The van der Waals surface area contributed by atoms with Gasteiger partial charge in [0.2, 0.25) is 5.91 Å². The van der Waals surface area contributed by atoms with E-state index in [1.54, 1.807) is 0 Å². The van der Waals surface area contributed by atoms with Crippen LogP contribution in [-0.4, -0.2) is 46.1 Å². The van der Waals surface area contributed by atoms with Crippen LogP contribution in [0.2, 0.25) is 0 Å². The first-order chi connectivity index (χ1) is 26.1. The maximum absolute atomic E-state index is 12.4. The Kier molecular flexibility index (Phi) is 41.7. The molecule has 0 radical (unpaired) electrons. The molecule has 0 aliphatic heterocycles. The molecule has 3 atom stereocenters. The van der Waals surface area contributed by atoms with Gasteiger partial charge < -0.3 is 20.6 Å². The molecule has 5 heteroatoms. The summed E-state index contributed by atoms with van der Waals surface area (Å²) >= 11 is 0. The van der Waals surface area contributed by atoms with Crippen molar-refractivity contribution in [1.29, 1.82) is 0 Å². The highest BCUT2D eigenvalue weighted by molar-refractivity contribution is 5.76. The van der Waals surface area contributed by atoms with E-state index in [1.807, 2.05) is 0 Å². The summed E-state index contributed by atoms with van der Waals surface area (Å²) in [5, 5.41) is 33.5. The first-order valence-electron chi connectivity index (χ1n) is 22.9. The van der Waals surface area contributed by atoms with Crippen LogP contribution in [0.5, 0.6) is 0 Å². The van der Waals surface area contributed by atoms with E-state index in [1.165, 1.54) is 141 Å². The molecule has 0 bridgehead atoms. The topological polar surface area (TPSA) is 89.8 Å². The smallest absolute Gasteiger partial charge is 0.220 e. The zero-order chi connectivity index (χ0) is 38.7. The van der Waals surface area contributed by atoms with Gasteiger partial charge in [0.1, 0.15) is 6.10 Å². The Hall–Kier alpha value is -1.69. The quantitative estimate of drug-likeness (QED) is 0.0371. The van der Waals surface area contributed by atoms with Crippen molar-refractivity contribution in [1.82, 2.24) is 5.32 Å². The van der Waals surface area contributed by atoms with Gasteiger partial charge in [-0.25, -0.2) is 0 Å². The molecule has 1 amide bonds. The second kappa shape index (κ2) is 43.0. The van der Waals surface area contributed by atoms with Crippen molar-refractivity contribution in [2.24, 2.45) is 0 Å². The lowest BCUT2D eigenvalue weighted by Crippen LogP contribution is -2.50. The van der Waals surface area contributed by atoms with Crippen molar-refractivity contribution in [3.8, 4) is 0 Å². The lowest BCUT2D eigenvalue weighted by atomic mass is 10.0. The summed E-state index contributed by atoms with van der Waals surface area (Å²) in [6.07, 6.45) is 55.1. The maximum Gasteiger partial charge on any atom is 0.220 e. The van der Waals surface area contributed by atoms with Crippen LogP contribution in [0, 0.1) is 0 Å². The summed E-state index contributed by atoms with van der Waals surface area (Å²) in [5.41, 5.74) is 0. The number of carbonyl (C=O) groups excluding carboxylic acids is 1. The van der Waals surface area contributed by atoms with Crippen LogP contribution >= 0.6 is 0 Å². The number of hydrogen-bond donors (Lipinski definition) is 4. The molecule has 5 nitrogen and oxygen atoms in total. The van der Waals surface area contributed by atoms with Gasteiger partial charge in [0.05, 0.1) is 18.8 Å². The average Bonchev–Trinajstić information content (AvgIpc) is 3.16. The van der Waals surface area contributed by atoms with Crippen molar-refractivity contribution in [3.63, 3.8) is 0 Å². The fraction of sp³-hybridized carbons (Fsp3) is 0.812. The number of carbonyl (C=O) groups is 1. The molecule has 0 saturated carbocycles. The van der Waals surface area contributed by atoms with E-state index in [9.17, 15) is 20.1 Å². The maximum atomic E-state index is 12.4. The summed E-state index contributed by atoms with van der Waals surface area (Å²) in [6, 6.07) is -0.838. The fourth-order valence-corrected chi connectivity index (χ4v) is 6.80. The molecular formula is C48H89NO4. The molecule has 0 aliphatic carbocycles. The Bertz CT molecular complexity index is 866. The van der Waals surface area contributed by atoms with Gasteiger partial charge in [-0.15, -0.1) is 0 Å². The molecule has 0 aliphatic rings. The summed E-state index contributed by atoms with van der Waals surface area (Å²) in [7, 11) is 0. The summed E-state index contributed by atoms with van der Waals surface area (Å²) < 4.78 is 0. The molecule has 0 fully saturated rings. The minimum Gasteiger partial charge on any atom is -0.394 e. The number of allylic oxidation sites excluding steroid dienone is 8. The predicted octanol–water partition coefficient (Wildman–Crippen LogP) is 13.3. The van der Waals surface area contributed by atoms with E-state index in [4.69, 9.17) is 0 Å². The number of hydrogen-bond acceptors (Lipinski definition) is 4. The Morgan fingerprint density at radius 3 is 1.30 bits per heavy atom. The summed E-state index contributed by atoms with van der Waals surface area (Å²) in [4.78, 5) is 12.4. The SMILES string of the molecule is CCCCC/C=C\C/C=C\CCCCCCCCCC(=O)NC(CO)C(O)C(O)CCC/C=C/CC/C=C/CCCCCCCCCCCCCCC. The third-order valence-electron chi connectivity index (χ3n) is 10.4. The molecule has 53 heavy (non-hydrogen) atoms. The van der Waals surface area contributed by atoms with Gasteiger partial charge in [0, 0.05) is 6.42 Å². The lowest BCUT2D eigenvalue weighted by Gasteiger charge is -2.26. The van der Waals surface area contributed by atoms with Crippen molar-refractivity contribution in [2.75, 3.05) is 6.61 Å². The molecule has 0 aromatic heterocycles. The van der Waals surface area contributed by atoms with Gasteiger partial charge in [-0.2, -0.15) is 0 Å². The first kappa shape index (κ1) is 51.3. The van der Waals surface area contributed by atoms with Crippen LogP contribution in [0.3, 0.4) is 0 Å². The van der Waals surface area contributed by atoms with Crippen molar-refractivity contribution < 1.29 is 20.1 Å². The number of unbranched alkanes of at least 4 members (excludes halogenated alkanes) is 25. The molecule has 0 rings (SSSR count). The standard InChI is InChI=1S/C48H89NO4/c1-3-5-7-9-11-13-15-17-19-21-22-23-24-25-27-28-30-32-34-36-38-40-42-46(51)48(53)45(44-50)49-47(52)43-41-39-37-35-33-31-29-26-20-18-16-14-12-10-8-6-4-2/h12,14,18,20,27-28,34,36,45-46,48,50-51,53H,3-11,13,15-17,19,21-26,29-33,35,37-44H2,1-2H3,(H,49,52)/b14-12-,20-18-,28-27+,36-34+. The highest BCUT2D eigenvalue weighted by Gasteiger charge is 2.26. The van der Waals surface area contributed by atoms with E-state index < -0.39 is 18.2 Å². The molecule has 0 saturated heterocycles. The highest BCUT2D eigenvalue weighted by Crippen LogP contribution is 2.15. The Morgan fingerprint density at radius 1 is 0.472 bits per heavy atom. The third kappa shape index (κ3) is 38.4. The monoisotopic (exact) mass is 744 g/mol. The van der Waals surface area contributed by atoms with Crippen molar-refractivity contribution >= 4 is 5.91 Å². The van der Waals surface area contributed by atoms with Crippen LogP contribution in [0.4, 0.5) is 0 Å². The molecule has 4 N–H and O–H groups in total. The number of rotatable bonds is 41. The van der Waals surface area contributed by atoms with E-state index in [0.717, 1.165) is 57.8 Å². The minimum absolute atomic E-state index is 0.167. The largest absolute Gasteiger partial charge is 0.394 e. The van der Waals surface area contributed by atoms with E-state index in [0.29, 0.717) is 12.8 Å². The van der Waals surface area contributed by atoms with Gasteiger partial charge in [-0.3, -0.25) is 4.79 Å². The van der Waals surface area contributed by atoms with Crippen molar-refractivity contribution in [3.05, 3.63) is 48.6 Å². The van der Waals surface area contributed by atoms with E-state index in [2.05, 4.69) is 67.8 Å². The van der Waals surface area contributed by atoms with E-state index in [-0.39, 0.29) is 12.5 Å². The molecule has 3 unspecified atom stereocenters. The number of amides is 1. The Balaban J connectivity index is 3.70. The molecule has 0 aromatic rings. The summed E-state index contributed by atoms with van der Waals surface area (Å²) in [5.74, 6) is -0.167. The lowest BCUT2D eigenvalue weighted by molar-refractivity contribution is -0.124. The normalized spacial score (nSPS) is 14.0. The van der Waals surface area contributed by atoms with Gasteiger partial charge in [-0.1, -0.05) is 184 Å². The summed E-state index contributed by atoms with van der Waals surface area (Å²) in [6.45, 7) is 4.14. The predicted molar refractivity (Wildman–Crippen MR) is 231 cm³/mol. The van der Waals surface area contributed by atoms with Crippen LogP contribution in [0.25, 0.3) is 0 Å². The third-order valence-corrected chi connectivity index (χ3v) is 10.4. The second-order valence-corrected chi connectivity index (χ2v) is 15.6. The fourth-order valence-electron chi connectivity index (χ4n) is 6.80. The van der Waals surface area contributed by atoms with Crippen molar-refractivity contribution in [2.45, 2.75) is 244 Å². The number of nitrogens with one attached hydrogen (secondary N) is 1. The van der Waals surface area contributed by atoms with Gasteiger partial charge in [0.15, 0.2) is 0 Å². The minimum atomic E-state index is -1.17. The number of aliphatic hydroxyl groups is 3. The first-order valence-corrected chi connectivity index (χ1v) is 22.9. The van der Waals surface area contributed by atoms with Crippen LogP contribution < -0.4 is 5.32 Å².